The lowest BCUT2D eigenvalue weighted by atomic mass is 10.0. The molecular formula is C19H25N3O2. The zero-order valence-electron chi connectivity index (χ0n) is 14.6. The highest BCUT2D eigenvalue weighted by atomic mass is 16.5. The number of anilines is 2. The lowest BCUT2D eigenvalue weighted by Crippen LogP contribution is -2.27. The van der Waals surface area contributed by atoms with Gasteiger partial charge in [0.1, 0.15) is 5.82 Å². The Labute approximate surface area is 143 Å². The summed E-state index contributed by atoms with van der Waals surface area (Å²) in [4.78, 5) is 16.3. The van der Waals surface area contributed by atoms with Gasteiger partial charge in [-0.1, -0.05) is 32.0 Å². The van der Waals surface area contributed by atoms with Gasteiger partial charge < -0.3 is 15.4 Å². The van der Waals surface area contributed by atoms with Crippen LogP contribution < -0.4 is 10.6 Å². The molecule has 24 heavy (non-hydrogen) atoms. The Hall–Kier alpha value is -2.40. The molecule has 0 unspecified atom stereocenters. The molecule has 0 aliphatic heterocycles. The van der Waals surface area contributed by atoms with Gasteiger partial charge in [-0.05, 0) is 36.1 Å². The molecule has 1 amide bonds. The van der Waals surface area contributed by atoms with E-state index in [1.807, 2.05) is 6.07 Å². The summed E-state index contributed by atoms with van der Waals surface area (Å²) in [5.41, 5.74) is 4.18. The van der Waals surface area contributed by atoms with E-state index in [4.69, 9.17) is 4.74 Å². The number of ether oxygens (including phenoxy) is 1. The summed E-state index contributed by atoms with van der Waals surface area (Å²) in [6.45, 7) is 5.26. The number of amides is 1. The smallest absolute Gasteiger partial charge is 0.252 e. The van der Waals surface area contributed by atoms with Crippen molar-refractivity contribution in [2.24, 2.45) is 0 Å². The number of aromatic nitrogens is 1. The highest BCUT2D eigenvalue weighted by molar-refractivity contribution is 5.94. The molecule has 1 heterocycles. The van der Waals surface area contributed by atoms with Gasteiger partial charge in [0.05, 0.1) is 12.2 Å². The van der Waals surface area contributed by atoms with Crippen LogP contribution in [-0.4, -0.2) is 31.2 Å². The van der Waals surface area contributed by atoms with Gasteiger partial charge in [-0.15, -0.1) is 0 Å². The minimum absolute atomic E-state index is 0.144. The molecule has 2 rings (SSSR count). The van der Waals surface area contributed by atoms with Crippen molar-refractivity contribution in [2.75, 3.05) is 25.6 Å². The molecule has 0 bridgehead atoms. The summed E-state index contributed by atoms with van der Waals surface area (Å²) < 4.78 is 4.92. The standard InChI is InChI=1S/C19H25N3O2/c1-4-14-7-6-8-15(5-2)18(14)22-17-10-9-16(13-21-17)19(23)20-11-12-24-3/h6-10,13H,4-5,11-12H2,1-3H3,(H,20,23)(H,21,22). The van der Waals surface area contributed by atoms with Gasteiger partial charge in [-0.2, -0.15) is 0 Å². The lowest BCUT2D eigenvalue weighted by Gasteiger charge is -2.15. The van der Waals surface area contributed by atoms with E-state index in [-0.39, 0.29) is 5.91 Å². The van der Waals surface area contributed by atoms with Gasteiger partial charge in [-0.3, -0.25) is 4.79 Å². The number of nitrogens with zero attached hydrogens (tertiary/aromatic N) is 1. The molecular weight excluding hydrogens is 302 g/mol. The Kier molecular flexibility index (Phi) is 6.75. The minimum Gasteiger partial charge on any atom is -0.383 e. The number of nitrogens with one attached hydrogen (secondary N) is 2. The summed E-state index contributed by atoms with van der Waals surface area (Å²) in [7, 11) is 1.60. The van der Waals surface area contributed by atoms with Crippen molar-refractivity contribution >= 4 is 17.4 Å². The van der Waals surface area contributed by atoms with E-state index in [0.29, 0.717) is 18.7 Å². The lowest BCUT2D eigenvalue weighted by molar-refractivity contribution is 0.0937. The molecule has 0 aliphatic rings. The number of pyridine rings is 1. The number of para-hydroxylation sites is 1. The van der Waals surface area contributed by atoms with E-state index in [1.54, 1.807) is 19.4 Å². The largest absolute Gasteiger partial charge is 0.383 e. The Morgan fingerprint density at radius 2 is 1.83 bits per heavy atom. The Morgan fingerprint density at radius 1 is 1.12 bits per heavy atom. The molecule has 0 saturated carbocycles. The van der Waals surface area contributed by atoms with E-state index in [9.17, 15) is 4.79 Å². The van der Waals surface area contributed by atoms with E-state index >= 15 is 0 Å². The maximum absolute atomic E-state index is 12.0. The summed E-state index contributed by atoms with van der Waals surface area (Å²) in [5, 5.41) is 6.18. The fraction of sp³-hybridized carbons (Fsp3) is 0.368. The maximum Gasteiger partial charge on any atom is 0.252 e. The average molecular weight is 327 g/mol. The van der Waals surface area contributed by atoms with Crippen molar-refractivity contribution in [1.29, 1.82) is 0 Å². The molecule has 0 spiro atoms. The van der Waals surface area contributed by atoms with Crippen LogP contribution in [0.15, 0.2) is 36.5 Å². The molecule has 1 aromatic carbocycles. The topological polar surface area (TPSA) is 63.2 Å². The maximum atomic E-state index is 12.0. The van der Waals surface area contributed by atoms with E-state index in [0.717, 1.165) is 24.3 Å². The number of benzene rings is 1. The van der Waals surface area contributed by atoms with Gasteiger partial charge in [0.25, 0.3) is 5.91 Å². The van der Waals surface area contributed by atoms with Crippen molar-refractivity contribution in [2.45, 2.75) is 26.7 Å². The van der Waals surface area contributed by atoms with Crippen molar-refractivity contribution in [3.05, 3.63) is 53.2 Å². The molecule has 0 saturated heterocycles. The summed E-state index contributed by atoms with van der Waals surface area (Å²) in [6, 6.07) is 9.94. The van der Waals surface area contributed by atoms with Crippen LogP contribution in [-0.2, 0) is 17.6 Å². The molecule has 0 radical (unpaired) electrons. The number of hydrogen-bond donors (Lipinski definition) is 2. The van der Waals surface area contributed by atoms with Gasteiger partial charge in [0, 0.05) is 25.5 Å². The number of aryl methyl sites for hydroxylation is 2. The van der Waals surface area contributed by atoms with Crippen LogP contribution >= 0.6 is 0 Å². The van der Waals surface area contributed by atoms with Crippen LogP contribution in [0.2, 0.25) is 0 Å². The predicted octanol–water partition coefficient (Wildman–Crippen LogP) is 3.33. The zero-order valence-corrected chi connectivity index (χ0v) is 14.6. The number of carbonyl (C=O) groups is 1. The Bertz CT molecular complexity index is 647. The van der Waals surface area contributed by atoms with Crippen LogP contribution in [0.25, 0.3) is 0 Å². The first kappa shape index (κ1) is 17.9. The van der Waals surface area contributed by atoms with Crippen molar-refractivity contribution in [3.8, 4) is 0 Å². The molecule has 0 fully saturated rings. The molecule has 5 nitrogen and oxygen atoms in total. The second kappa shape index (κ2) is 9.03. The van der Waals surface area contributed by atoms with Crippen LogP contribution in [0.3, 0.4) is 0 Å². The molecule has 0 aliphatic carbocycles. The van der Waals surface area contributed by atoms with Gasteiger partial charge in [0.2, 0.25) is 0 Å². The molecule has 128 valence electrons. The van der Waals surface area contributed by atoms with Crippen LogP contribution in [0.4, 0.5) is 11.5 Å². The van der Waals surface area contributed by atoms with Crippen LogP contribution in [0.5, 0.6) is 0 Å². The Balaban J connectivity index is 2.11. The molecule has 0 atom stereocenters. The molecule has 2 N–H and O–H groups in total. The molecule has 5 heteroatoms. The highest BCUT2D eigenvalue weighted by Gasteiger charge is 2.09. The van der Waals surface area contributed by atoms with Crippen molar-refractivity contribution < 1.29 is 9.53 Å². The van der Waals surface area contributed by atoms with E-state index in [2.05, 4.69) is 47.7 Å². The number of rotatable bonds is 8. The van der Waals surface area contributed by atoms with Gasteiger partial charge in [0.15, 0.2) is 0 Å². The molecule has 2 aromatic rings. The zero-order chi connectivity index (χ0) is 17.4. The second-order valence-corrected chi connectivity index (χ2v) is 5.46. The predicted molar refractivity (Wildman–Crippen MR) is 96.9 cm³/mol. The first-order chi connectivity index (χ1) is 11.7. The quantitative estimate of drug-likeness (QED) is 0.730. The fourth-order valence-corrected chi connectivity index (χ4v) is 2.50. The number of methoxy groups -OCH3 is 1. The van der Waals surface area contributed by atoms with Gasteiger partial charge in [-0.25, -0.2) is 4.98 Å². The minimum atomic E-state index is -0.144. The SMILES string of the molecule is CCc1cccc(CC)c1Nc1ccc(C(=O)NCCOC)cn1. The first-order valence-corrected chi connectivity index (χ1v) is 8.30. The average Bonchev–Trinajstić information content (AvgIpc) is 2.62. The number of carbonyl (C=O) groups excluding carboxylic acids is 1. The third kappa shape index (κ3) is 4.55. The summed E-state index contributed by atoms with van der Waals surface area (Å²) in [5.74, 6) is 0.591. The van der Waals surface area contributed by atoms with Crippen molar-refractivity contribution in [3.63, 3.8) is 0 Å². The third-order valence-corrected chi connectivity index (χ3v) is 3.87. The number of hydrogen-bond acceptors (Lipinski definition) is 4. The normalized spacial score (nSPS) is 10.5. The first-order valence-electron chi connectivity index (χ1n) is 8.30. The van der Waals surface area contributed by atoms with Gasteiger partial charge >= 0.3 is 0 Å². The third-order valence-electron chi connectivity index (χ3n) is 3.87. The summed E-state index contributed by atoms with van der Waals surface area (Å²) in [6.07, 6.45) is 3.50. The highest BCUT2D eigenvalue weighted by Crippen LogP contribution is 2.25. The fourth-order valence-electron chi connectivity index (χ4n) is 2.50. The van der Waals surface area contributed by atoms with Crippen LogP contribution in [0.1, 0.15) is 35.3 Å². The summed E-state index contributed by atoms with van der Waals surface area (Å²) >= 11 is 0. The van der Waals surface area contributed by atoms with Crippen LogP contribution in [0, 0.1) is 0 Å². The second-order valence-electron chi connectivity index (χ2n) is 5.46. The Morgan fingerprint density at radius 3 is 2.38 bits per heavy atom. The van der Waals surface area contributed by atoms with E-state index < -0.39 is 0 Å². The van der Waals surface area contributed by atoms with E-state index in [1.165, 1.54) is 11.1 Å². The van der Waals surface area contributed by atoms with Crippen molar-refractivity contribution in [1.82, 2.24) is 10.3 Å². The monoisotopic (exact) mass is 327 g/mol. The molecule has 1 aromatic heterocycles.